The van der Waals surface area contributed by atoms with E-state index in [4.69, 9.17) is 15.2 Å². The van der Waals surface area contributed by atoms with Crippen LogP contribution in [0.2, 0.25) is 0 Å². The van der Waals surface area contributed by atoms with Gasteiger partial charge in [-0.3, -0.25) is 14.9 Å². The van der Waals surface area contributed by atoms with Gasteiger partial charge in [-0.25, -0.2) is 14.2 Å². The van der Waals surface area contributed by atoms with E-state index in [1.54, 1.807) is 19.9 Å². The van der Waals surface area contributed by atoms with Crippen LogP contribution in [0, 0.1) is 10.1 Å². The van der Waals surface area contributed by atoms with E-state index in [1.807, 2.05) is 0 Å². The highest BCUT2D eigenvalue weighted by molar-refractivity contribution is 6.00. The number of primary amides is 1. The highest BCUT2D eigenvalue weighted by Gasteiger charge is 2.38. The first-order valence-corrected chi connectivity index (χ1v) is 9.45. The Balaban J connectivity index is 2.04. The Morgan fingerprint density at radius 2 is 1.85 bits per heavy atom. The molecule has 13 nitrogen and oxygen atoms in total. The van der Waals surface area contributed by atoms with Crippen LogP contribution in [0.15, 0.2) is 51.4 Å². The number of rotatable bonds is 7. The van der Waals surface area contributed by atoms with E-state index >= 15 is 0 Å². The van der Waals surface area contributed by atoms with Crippen molar-refractivity contribution in [1.29, 1.82) is 0 Å². The molecular weight excluding hydrogens is 438 g/mol. The first kappa shape index (κ1) is 23.1. The van der Waals surface area contributed by atoms with Crippen molar-refractivity contribution < 1.29 is 33.4 Å². The molecule has 1 aliphatic rings. The van der Waals surface area contributed by atoms with Gasteiger partial charge in [0.25, 0.3) is 11.6 Å². The summed E-state index contributed by atoms with van der Waals surface area (Å²) in [5, 5.41) is 21.1. The monoisotopic (exact) mass is 457 g/mol. The van der Waals surface area contributed by atoms with Crippen molar-refractivity contribution in [3.8, 4) is 0 Å². The number of nitrogens with one attached hydrogen (secondary N) is 1. The first-order chi connectivity index (χ1) is 15.6. The van der Waals surface area contributed by atoms with Crippen molar-refractivity contribution in [3.05, 3.63) is 73.9 Å². The van der Waals surface area contributed by atoms with E-state index in [9.17, 15) is 24.5 Å². The Bertz CT molecular complexity index is 1210. The van der Waals surface area contributed by atoms with Gasteiger partial charge >= 0.3 is 11.9 Å². The fraction of sp³-hybridized carbons (Fsp3) is 0.250. The second-order valence-electron chi connectivity index (χ2n) is 6.98. The van der Waals surface area contributed by atoms with E-state index in [0.29, 0.717) is 17.0 Å². The number of benzene rings is 1. The number of aromatic nitrogens is 2. The lowest BCUT2D eigenvalue weighted by Crippen LogP contribution is -2.32. The highest BCUT2D eigenvalue weighted by Crippen LogP contribution is 2.40. The van der Waals surface area contributed by atoms with E-state index in [1.165, 1.54) is 25.3 Å². The van der Waals surface area contributed by atoms with Gasteiger partial charge in [0, 0.05) is 23.5 Å². The predicted molar refractivity (Wildman–Crippen MR) is 109 cm³/mol. The molecule has 0 fully saturated rings. The van der Waals surface area contributed by atoms with Crippen LogP contribution in [0.1, 0.15) is 41.5 Å². The number of nitro groups is 1. The Morgan fingerprint density at radius 1 is 1.18 bits per heavy atom. The number of ether oxygens (including phenoxy) is 2. The van der Waals surface area contributed by atoms with E-state index in [-0.39, 0.29) is 28.2 Å². The number of hydrogen-bond donors (Lipinski definition) is 2. The van der Waals surface area contributed by atoms with Gasteiger partial charge in [0.1, 0.15) is 6.61 Å². The smallest absolute Gasteiger partial charge is 0.337 e. The molecule has 0 radical (unpaired) electrons. The second-order valence-corrected chi connectivity index (χ2v) is 6.98. The van der Waals surface area contributed by atoms with Crippen molar-refractivity contribution in [3.63, 3.8) is 0 Å². The summed E-state index contributed by atoms with van der Waals surface area (Å²) in [5.41, 5.74) is 5.72. The van der Waals surface area contributed by atoms with Crippen LogP contribution < -0.4 is 11.1 Å². The van der Waals surface area contributed by atoms with Crippen molar-refractivity contribution in [2.24, 2.45) is 5.73 Å². The van der Waals surface area contributed by atoms with Crippen LogP contribution in [-0.4, -0.2) is 40.2 Å². The quantitative estimate of drug-likeness (QED) is 0.345. The maximum absolute atomic E-state index is 13.1. The van der Waals surface area contributed by atoms with Crippen molar-refractivity contribution >= 4 is 23.5 Å². The lowest BCUT2D eigenvalue weighted by Gasteiger charge is -2.30. The van der Waals surface area contributed by atoms with Crippen molar-refractivity contribution in [1.82, 2.24) is 15.6 Å². The number of esters is 2. The Hall–Kier alpha value is -4.55. The lowest BCUT2D eigenvalue weighted by atomic mass is 9.80. The molecule has 1 amide bonds. The summed E-state index contributed by atoms with van der Waals surface area (Å²) in [6, 6.07) is 5.54. The summed E-state index contributed by atoms with van der Waals surface area (Å²) in [7, 11) is 1.18. The van der Waals surface area contributed by atoms with Gasteiger partial charge in [0.2, 0.25) is 0 Å². The average Bonchev–Trinajstić information content (AvgIpc) is 3.25. The normalized spacial score (nSPS) is 15.7. The fourth-order valence-corrected chi connectivity index (χ4v) is 3.50. The number of allylic oxidation sites excluding steroid dienone is 2. The molecule has 0 saturated heterocycles. The molecule has 0 bridgehead atoms. The number of nitrogens with two attached hydrogens (primary N) is 1. The van der Waals surface area contributed by atoms with E-state index in [0.717, 1.165) is 0 Å². The van der Waals surface area contributed by atoms with Gasteiger partial charge in [0.15, 0.2) is 11.4 Å². The summed E-state index contributed by atoms with van der Waals surface area (Å²) in [6.07, 6.45) is 0. The zero-order chi connectivity index (χ0) is 24.3. The maximum Gasteiger partial charge on any atom is 0.337 e. The minimum atomic E-state index is -1.03. The molecule has 1 aliphatic heterocycles. The van der Waals surface area contributed by atoms with Gasteiger partial charge in [-0.1, -0.05) is 17.3 Å². The number of methoxy groups -OCH3 is 1. The molecule has 2 aromatic rings. The molecule has 3 N–H and O–H groups in total. The van der Waals surface area contributed by atoms with Crippen LogP contribution in [0.25, 0.3) is 0 Å². The zero-order valence-electron chi connectivity index (χ0n) is 17.8. The Kier molecular flexibility index (Phi) is 6.51. The van der Waals surface area contributed by atoms with Crippen LogP contribution in [-0.2, 0) is 25.7 Å². The van der Waals surface area contributed by atoms with Crippen LogP contribution in [0.3, 0.4) is 0 Å². The van der Waals surface area contributed by atoms with Gasteiger partial charge < -0.3 is 20.5 Å². The summed E-state index contributed by atoms with van der Waals surface area (Å²) >= 11 is 0. The predicted octanol–water partition coefficient (Wildman–Crippen LogP) is 1.23. The summed E-state index contributed by atoms with van der Waals surface area (Å²) in [5.74, 6) is -3.55. The topological polar surface area (TPSA) is 190 Å². The van der Waals surface area contributed by atoms with Crippen molar-refractivity contribution in [2.45, 2.75) is 26.4 Å². The molecule has 1 aromatic heterocycles. The number of dihydropyridines is 1. The van der Waals surface area contributed by atoms with Gasteiger partial charge in [-0.2, -0.15) is 0 Å². The maximum atomic E-state index is 13.1. The largest absolute Gasteiger partial charge is 0.466 e. The van der Waals surface area contributed by atoms with Crippen molar-refractivity contribution in [2.75, 3.05) is 7.11 Å². The third-order valence-corrected chi connectivity index (χ3v) is 4.93. The zero-order valence-corrected chi connectivity index (χ0v) is 17.8. The molecule has 1 unspecified atom stereocenters. The summed E-state index contributed by atoms with van der Waals surface area (Å²) < 4.78 is 14.6. The minimum Gasteiger partial charge on any atom is -0.466 e. The van der Waals surface area contributed by atoms with Gasteiger partial charge in [-0.05, 0) is 24.6 Å². The number of amides is 1. The number of carbonyl (C=O) groups excluding carboxylic acids is 3. The van der Waals surface area contributed by atoms with Gasteiger partial charge in [-0.15, -0.1) is 0 Å². The minimum absolute atomic E-state index is 0.0126. The molecule has 0 saturated carbocycles. The number of non-ortho nitro benzene ring substituents is 1. The van der Waals surface area contributed by atoms with Crippen LogP contribution in [0.5, 0.6) is 0 Å². The van der Waals surface area contributed by atoms with Crippen LogP contribution >= 0.6 is 0 Å². The lowest BCUT2D eigenvalue weighted by molar-refractivity contribution is -0.384. The molecule has 1 aromatic carbocycles. The molecular formula is C20H19N5O8. The van der Waals surface area contributed by atoms with Crippen LogP contribution in [0.4, 0.5) is 5.69 Å². The second kappa shape index (κ2) is 9.30. The number of nitrogens with zero attached hydrogens (tertiary/aromatic N) is 3. The highest BCUT2D eigenvalue weighted by atomic mass is 16.6. The molecule has 172 valence electrons. The third-order valence-electron chi connectivity index (χ3n) is 4.93. The Morgan fingerprint density at radius 3 is 2.45 bits per heavy atom. The standard InChI is InChI=1S/C20H19N5O8/c1-9-14(19(27)31-3)16(11-5-4-6-12(7-11)25(29)30)15(10(2)22-9)20(28)32-8-13-17(18(21)26)24-33-23-13/h4-7,16,22H,8H2,1-3H3,(H2,21,26). The molecule has 33 heavy (non-hydrogen) atoms. The Labute approximate surface area is 186 Å². The number of hydrogen-bond acceptors (Lipinski definition) is 11. The average molecular weight is 457 g/mol. The molecule has 0 aliphatic carbocycles. The van der Waals surface area contributed by atoms with E-state index in [2.05, 4.69) is 20.3 Å². The third kappa shape index (κ3) is 4.56. The van der Waals surface area contributed by atoms with E-state index < -0.39 is 35.3 Å². The summed E-state index contributed by atoms with van der Waals surface area (Å²) in [4.78, 5) is 47.8. The molecule has 1 atom stereocenters. The molecule has 2 heterocycles. The molecule has 0 spiro atoms. The molecule has 3 rings (SSSR count). The fourth-order valence-electron chi connectivity index (χ4n) is 3.50. The first-order valence-electron chi connectivity index (χ1n) is 9.45. The molecule has 13 heteroatoms. The number of carbonyl (C=O) groups is 3. The number of nitro benzene ring substituents is 1. The summed E-state index contributed by atoms with van der Waals surface area (Å²) in [6.45, 7) is 2.71. The van der Waals surface area contributed by atoms with Gasteiger partial charge in [0.05, 0.1) is 29.1 Å². The SMILES string of the molecule is COC(=O)C1=C(C)NC(C)=C(C(=O)OCc2nonc2C(N)=O)C1c1cccc([N+](=O)[O-])c1.